The monoisotopic (exact) mass is 416 g/mol. The number of pyridine rings is 1. The Morgan fingerprint density at radius 3 is 2.71 bits per heavy atom. The van der Waals surface area contributed by atoms with E-state index in [2.05, 4.69) is 55.8 Å². The molecule has 31 heavy (non-hydrogen) atoms. The summed E-state index contributed by atoms with van der Waals surface area (Å²) in [5.74, 6) is 1.32. The molecule has 1 fully saturated rings. The zero-order chi connectivity index (χ0) is 21.0. The SMILES string of the molecule is COc1cc(-c2cc3c(c(Nc4ccc(N5CCOCC5)cc4)n2)CNC=C3)ncn1. The summed E-state index contributed by atoms with van der Waals surface area (Å²) in [4.78, 5) is 15.7. The smallest absolute Gasteiger partial charge is 0.216 e. The first-order chi connectivity index (χ1) is 15.3. The van der Waals surface area contributed by atoms with E-state index in [-0.39, 0.29) is 0 Å². The summed E-state index contributed by atoms with van der Waals surface area (Å²) in [6.45, 7) is 4.10. The molecule has 0 radical (unpaired) electrons. The van der Waals surface area contributed by atoms with E-state index in [1.165, 1.54) is 12.0 Å². The highest BCUT2D eigenvalue weighted by molar-refractivity contribution is 5.73. The Morgan fingerprint density at radius 2 is 1.90 bits per heavy atom. The van der Waals surface area contributed by atoms with Crippen LogP contribution >= 0.6 is 0 Å². The number of nitrogens with zero attached hydrogens (tertiary/aromatic N) is 4. The van der Waals surface area contributed by atoms with Crippen LogP contribution in [-0.4, -0.2) is 48.4 Å². The van der Waals surface area contributed by atoms with Crippen LogP contribution in [0, 0.1) is 0 Å². The molecule has 2 aliphatic heterocycles. The van der Waals surface area contributed by atoms with E-state index in [4.69, 9.17) is 14.5 Å². The molecular weight excluding hydrogens is 392 g/mol. The quantitative estimate of drug-likeness (QED) is 0.656. The third kappa shape index (κ3) is 4.15. The van der Waals surface area contributed by atoms with Gasteiger partial charge in [-0.1, -0.05) is 0 Å². The van der Waals surface area contributed by atoms with Crippen molar-refractivity contribution in [2.45, 2.75) is 6.54 Å². The number of hydrogen-bond donors (Lipinski definition) is 2. The highest BCUT2D eigenvalue weighted by Crippen LogP contribution is 2.30. The number of anilines is 3. The van der Waals surface area contributed by atoms with E-state index in [1.54, 1.807) is 13.2 Å². The fourth-order valence-electron chi connectivity index (χ4n) is 3.78. The van der Waals surface area contributed by atoms with E-state index in [1.807, 2.05) is 12.3 Å². The van der Waals surface area contributed by atoms with Crippen LogP contribution in [0.15, 0.2) is 48.9 Å². The molecule has 0 unspecified atom stereocenters. The van der Waals surface area contributed by atoms with Gasteiger partial charge in [0.1, 0.15) is 12.1 Å². The number of ether oxygens (including phenoxy) is 2. The van der Waals surface area contributed by atoms with Gasteiger partial charge < -0.3 is 25.0 Å². The first-order valence-corrected chi connectivity index (χ1v) is 10.3. The van der Waals surface area contributed by atoms with E-state index in [0.717, 1.165) is 54.6 Å². The Balaban J connectivity index is 1.46. The minimum atomic E-state index is 0.509. The molecule has 0 atom stereocenters. The number of hydrogen-bond acceptors (Lipinski definition) is 8. The van der Waals surface area contributed by atoms with Crippen molar-refractivity contribution in [1.29, 1.82) is 0 Å². The van der Waals surface area contributed by atoms with Gasteiger partial charge in [0.05, 0.1) is 31.7 Å². The molecule has 1 saturated heterocycles. The molecule has 2 aromatic heterocycles. The van der Waals surface area contributed by atoms with Gasteiger partial charge in [-0.2, -0.15) is 0 Å². The molecule has 4 heterocycles. The molecule has 0 saturated carbocycles. The molecule has 2 N–H and O–H groups in total. The van der Waals surface area contributed by atoms with Crippen molar-refractivity contribution >= 4 is 23.3 Å². The summed E-state index contributed by atoms with van der Waals surface area (Å²) in [5.41, 5.74) is 5.89. The third-order valence-corrected chi connectivity index (χ3v) is 5.44. The lowest BCUT2D eigenvalue weighted by atomic mass is 10.0. The molecule has 3 aromatic rings. The van der Waals surface area contributed by atoms with Crippen molar-refractivity contribution < 1.29 is 9.47 Å². The van der Waals surface area contributed by atoms with Gasteiger partial charge in [-0.3, -0.25) is 0 Å². The lowest BCUT2D eigenvalue weighted by Crippen LogP contribution is -2.36. The maximum atomic E-state index is 5.45. The second kappa shape index (κ2) is 8.61. The van der Waals surface area contributed by atoms with E-state index in [9.17, 15) is 0 Å². The average Bonchev–Trinajstić information content (AvgIpc) is 2.85. The summed E-state index contributed by atoms with van der Waals surface area (Å²) in [6.07, 6.45) is 5.49. The van der Waals surface area contributed by atoms with Gasteiger partial charge in [-0.25, -0.2) is 15.0 Å². The second-order valence-electron chi connectivity index (χ2n) is 7.36. The number of benzene rings is 1. The molecular formula is C23H24N6O2. The van der Waals surface area contributed by atoms with Crippen LogP contribution in [0.25, 0.3) is 17.5 Å². The zero-order valence-electron chi connectivity index (χ0n) is 17.3. The summed E-state index contributed by atoms with van der Waals surface area (Å²) in [5, 5.41) is 6.77. The van der Waals surface area contributed by atoms with Crippen LogP contribution in [-0.2, 0) is 11.3 Å². The number of morpholine rings is 1. The summed E-state index contributed by atoms with van der Waals surface area (Å²) < 4.78 is 10.7. The van der Waals surface area contributed by atoms with Crippen molar-refractivity contribution in [2.24, 2.45) is 0 Å². The van der Waals surface area contributed by atoms with Crippen LogP contribution in [0.4, 0.5) is 17.2 Å². The average molecular weight is 416 g/mol. The molecule has 2 aliphatic rings. The van der Waals surface area contributed by atoms with Gasteiger partial charge in [0, 0.05) is 42.6 Å². The van der Waals surface area contributed by atoms with Gasteiger partial charge in [0.15, 0.2) is 0 Å². The Morgan fingerprint density at radius 1 is 1.06 bits per heavy atom. The van der Waals surface area contributed by atoms with Gasteiger partial charge >= 0.3 is 0 Å². The van der Waals surface area contributed by atoms with Crippen molar-refractivity contribution in [3.8, 4) is 17.3 Å². The number of rotatable bonds is 5. The fourth-order valence-corrected chi connectivity index (χ4v) is 3.78. The van der Waals surface area contributed by atoms with Crippen molar-refractivity contribution in [1.82, 2.24) is 20.3 Å². The molecule has 5 rings (SSSR count). The van der Waals surface area contributed by atoms with Gasteiger partial charge in [0.25, 0.3) is 0 Å². The predicted molar refractivity (Wildman–Crippen MR) is 120 cm³/mol. The van der Waals surface area contributed by atoms with Gasteiger partial charge in [-0.15, -0.1) is 0 Å². The van der Waals surface area contributed by atoms with Crippen molar-refractivity contribution in [3.05, 3.63) is 60.1 Å². The second-order valence-corrected chi connectivity index (χ2v) is 7.36. The lowest BCUT2D eigenvalue weighted by Gasteiger charge is -2.29. The Kier molecular flexibility index (Phi) is 5.37. The summed E-state index contributed by atoms with van der Waals surface area (Å²) in [6, 6.07) is 12.3. The molecule has 0 bridgehead atoms. The lowest BCUT2D eigenvalue weighted by molar-refractivity contribution is 0.122. The molecule has 8 heteroatoms. The standard InChI is InChI=1S/C23H24N6O2/c1-30-22-13-20(25-15-26-22)21-12-16-6-7-24-14-19(16)23(28-21)27-17-2-4-18(5-3-17)29-8-10-31-11-9-29/h2-7,12-13,15,24H,8-11,14H2,1H3,(H,27,28). The topological polar surface area (TPSA) is 84.4 Å². The molecule has 1 aromatic carbocycles. The summed E-state index contributed by atoms with van der Waals surface area (Å²) >= 11 is 0. The summed E-state index contributed by atoms with van der Waals surface area (Å²) in [7, 11) is 1.59. The third-order valence-electron chi connectivity index (χ3n) is 5.44. The van der Waals surface area contributed by atoms with Crippen molar-refractivity contribution in [3.63, 3.8) is 0 Å². The zero-order valence-corrected chi connectivity index (χ0v) is 17.3. The van der Waals surface area contributed by atoms with E-state index >= 15 is 0 Å². The fraction of sp³-hybridized carbons (Fsp3) is 0.261. The Hall–Kier alpha value is -3.65. The van der Waals surface area contributed by atoms with Crippen LogP contribution < -0.4 is 20.3 Å². The van der Waals surface area contributed by atoms with Gasteiger partial charge in [-0.05, 0) is 48.2 Å². The molecule has 8 nitrogen and oxygen atoms in total. The first-order valence-electron chi connectivity index (χ1n) is 10.3. The van der Waals surface area contributed by atoms with Crippen LogP contribution in [0.5, 0.6) is 5.88 Å². The Labute approximate surface area is 181 Å². The maximum Gasteiger partial charge on any atom is 0.216 e. The highest BCUT2D eigenvalue weighted by Gasteiger charge is 2.16. The van der Waals surface area contributed by atoms with Gasteiger partial charge in [0.2, 0.25) is 5.88 Å². The van der Waals surface area contributed by atoms with Crippen molar-refractivity contribution in [2.75, 3.05) is 43.6 Å². The predicted octanol–water partition coefficient (Wildman–Crippen LogP) is 3.20. The molecule has 0 amide bonds. The number of nitrogens with one attached hydrogen (secondary N) is 2. The maximum absolute atomic E-state index is 5.45. The normalized spacial score (nSPS) is 15.2. The number of aromatic nitrogens is 3. The van der Waals surface area contributed by atoms with E-state index in [0.29, 0.717) is 18.1 Å². The van der Waals surface area contributed by atoms with Crippen LogP contribution in [0.3, 0.4) is 0 Å². The highest BCUT2D eigenvalue weighted by atomic mass is 16.5. The Bertz CT molecular complexity index is 1090. The largest absolute Gasteiger partial charge is 0.481 e. The number of methoxy groups -OCH3 is 1. The van der Waals surface area contributed by atoms with Crippen LogP contribution in [0.2, 0.25) is 0 Å². The molecule has 158 valence electrons. The van der Waals surface area contributed by atoms with E-state index < -0.39 is 0 Å². The number of fused-ring (bicyclic) bond motifs is 1. The first kappa shape index (κ1) is 19.3. The minimum Gasteiger partial charge on any atom is -0.481 e. The van der Waals surface area contributed by atoms with Crippen LogP contribution in [0.1, 0.15) is 11.1 Å². The molecule has 0 spiro atoms. The minimum absolute atomic E-state index is 0.509. The molecule has 0 aliphatic carbocycles.